The van der Waals surface area contributed by atoms with Crippen LogP contribution in [0.1, 0.15) is 36.5 Å². The van der Waals surface area contributed by atoms with Gasteiger partial charge in [0.25, 0.3) is 0 Å². The summed E-state index contributed by atoms with van der Waals surface area (Å²) in [6, 6.07) is 4.17. The Bertz CT molecular complexity index is 595. The molecular weight excluding hydrogens is 276 g/mol. The first-order valence-corrected chi connectivity index (χ1v) is 6.95. The third-order valence-electron chi connectivity index (χ3n) is 3.58. The average Bonchev–Trinajstić information content (AvgIpc) is 2.46. The van der Waals surface area contributed by atoms with Crippen molar-refractivity contribution in [2.24, 2.45) is 0 Å². The smallest absolute Gasteiger partial charge is 0.149 e. The number of nitriles is 2. The molecule has 0 atom stereocenters. The summed E-state index contributed by atoms with van der Waals surface area (Å²) < 4.78 is 0. The van der Waals surface area contributed by atoms with Crippen LogP contribution in [0, 0.1) is 22.7 Å². The number of hydrogen-bond donors (Lipinski definition) is 1. The van der Waals surface area contributed by atoms with Gasteiger partial charge in [-0.05, 0) is 24.8 Å². The summed E-state index contributed by atoms with van der Waals surface area (Å²) in [6.07, 6.45) is 1.55. The Kier molecular flexibility index (Phi) is 4.44. The average molecular weight is 291 g/mol. The summed E-state index contributed by atoms with van der Waals surface area (Å²) >= 11 is 6.07. The van der Waals surface area contributed by atoms with E-state index in [0.717, 1.165) is 0 Å². The highest BCUT2D eigenvalue weighted by Gasteiger charge is 2.24. The third kappa shape index (κ3) is 2.56. The minimum Gasteiger partial charge on any atom is -0.393 e. The number of aromatic nitrogens is 1. The number of aliphatic hydroxyl groups is 1. The molecule has 0 saturated carbocycles. The van der Waals surface area contributed by atoms with E-state index in [-0.39, 0.29) is 16.8 Å². The minimum absolute atomic E-state index is 0.143. The molecule has 1 aliphatic heterocycles. The zero-order chi connectivity index (χ0) is 14.7. The molecule has 2 heterocycles. The molecule has 1 aromatic heterocycles. The number of halogens is 1. The predicted octanol–water partition coefficient (Wildman–Crippen LogP) is 2.00. The lowest BCUT2D eigenvalue weighted by Gasteiger charge is -2.31. The Labute approximate surface area is 123 Å². The number of anilines is 1. The standard InChI is InChI=1S/C14H15ClN4O/c1-2-10-11(7-16)13(15)18-14(12(10)8-17)19-5-3-9(20)4-6-19/h9,20H,2-6H2,1H3. The molecule has 5 nitrogen and oxygen atoms in total. The van der Waals surface area contributed by atoms with E-state index < -0.39 is 0 Å². The second-order valence-corrected chi connectivity index (χ2v) is 5.11. The lowest BCUT2D eigenvalue weighted by Crippen LogP contribution is -2.37. The van der Waals surface area contributed by atoms with Crippen LogP contribution in [0.15, 0.2) is 0 Å². The van der Waals surface area contributed by atoms with E-state index in [1.54, 1.807) is 0 Å². The molecule has 0 radical (unpaired) electrons. The van der Waals surface area contributed by atoms with E-state index in [1.807, 2.05) is 17.9 Å². The number of rotatable bonds is 2. The summed E-state index contributed by atoms with van der Waals surface area (Å²) in [5.41, 5.74) is 1.35. The molecule has 1 fully saturated rings. The van der Waals surface area contributed by atoms with Gasteiger partial charge in [0.15, 0.2) is 0 Å². The molecule has 1 aromatic rings. The highest BCUT2D eigenvalue weighted by Crippen LogP contribution is 2.30. The van der Waals surface area contributed by atoms with Crippen molar-refractivity contribution in [1.29, 1.82) is 10.5 Å². The van der Waals surface area contributed by atoms with Gasteiger partial charge in [-0.1, -0.05) is 18.5 Å². The lowest BCUT2D eigenvalue weighted by atomic mass is 10.0. The fraction of sp³-hybridized carbons (Fsp3) is 0.500. The molecule has 2 rings (SSSR count). The molecule has 0 aliphatic carbocycles. The first-order chi connectivity index (χ1) is 9.62. The van der Waals surface area contributed by atoms with Gasteiger partial charge in [0.05, 0.1) is 17.2 Å². The fourth-order valence-electron chi connectivity index (χ4n) is 2.48. The Morgan fingerprint density at radius 2 is 1.90 bits per heavy atom. The molecule has 6 heteroatoms. The Morgan fingerprint density at radius 1 is 1.30 bits per heavy atom. The van der Waals surface area contributed by atoms with Gasteiger partial charge in [0.1, 0.15) is 23.1 Å². The van der Waals surface area contributed by atoms with Gasteiger partial charge < -0.3 is 10.0 Å². The van der Waals surface area contributed by atoms with Crippen LogP contribution in [0.2, 0.25) is 5.15 Å². The summed E-state index contributed by atoms with van der Waals surface area (Å²) in [5, 5.41) is 28.3. The van der Waals surface area contributed by atoms with E-state index in [4.69, 9.17) is 16.9 Å². The van der Waals surface area contributed by atoms with Gasteiger partial charge in [-0.25, -0.2) is 4.98 Å². The van der Waals surface area contributed by atoms with Crippen molar-refractivity contribution in [2.75, 3.05) is 18.0 Å². The van der Waals surface area contributed by atoms with Crippen LogP contribution < -0.4 is 4.90 Å². The molecule has 0 bridgehead atoms. The van der Waals surface area contributed by atoms with Crippen molar-refractivity contribution in [2.45, 2.75) is 32.3 Å². The molecule has 104 valence electrons. The molecule has 1 N–H and O–H groups in total. The topological polar surface area (TPSA) is 83.9 Å². The lowest BCUT2D eigenvalue weighted by molar-refractivity contribution is 0.145. The van der Waals surface area contributed by atoms with Crippen molar-refractivity contribution >= 4 is 17.4 Å². The highest BCUT2D eigenvalue weighted by molar-refractivity contribution is 6.30. The Morgan fingerprint density at radius 3 is 2.40 bits per heavy atom. The fourth-order valence-corrected chi connectivity index (χ4v) is 2.72. The van der Waals surface area contributed by atoms with Gasteiger partial charge in [-0.2, -0.15) is 10.5 Å². The maximum atomic E-state index is 9.56. The van der Waals surface area contributed by atoms with Gasteiger partial charge in [0, 0.05) is 13.1 Å². The van der Waals surface area contributed by atoms with Crippen LogP contribution >= 0.6 is 11.6 Å². The number of piperidine rings is 1. The quantitative estimate of drug-likeness (QED) is 0.842. The molecule has 1 saturated heterocycles. The Hall–Kier alpha value is -1.82. The molecule has 0 aromatic carbocycles. The first-order valence-electron chi connectivity index (χ1n) is 6.57. The van der Waals surface area contributed by atoms with Crippen molar-refractivity contribution < 1.29 is 5.11 Å². The molecule has 1 aliphatic rings. The van der Waals surface area contributed by atoms with Crippen LogP contribution in [0.4, 0.5) is 5.82 Å². The van der Waals surface area contributed by atoms with Crippen molar-refractivity contribution in [3.05, 3.63) is 21.8 Å². The third-order valence-corrected chi connectivity index (χ3v) is 3.85. The molecule has 0 spiro atoms. The normalized spacial score (nSPS) is 15.8. The Balaban J connectivity index is 2.52. The van der Waals surface area contributed by atoms with Crippen LogP contribution in [-0.4, -0.2) is 29.3 Å². The molecule has 20 heavy (non-hydrogen) atoms. The maximum Gasteiger partial charge on any atom is 0.149 e. The molecular formula is C14H15ClN4O. The van der Waals surface area contributed by atoms with Crippen LogP contribution in [0.25, 0.3) is 0 Å². The minimum atomic E-state index is -0.295. The van der Waals surface area contributed by atoms with Crippen LogP contribution in [-0.2, 0) is 6.42 Å². The monoisotopic (exact) mass is 290 g/mol. The first kappa shape index (κ1) is 14.6. The van der Waals surface area contributed by atoms with E-state index in [2.05, 4.69) is 11.1 Å². The summed E-state index contributed by atoms with van der Waals surface area (Å²) in [5.74, 6) is 0.528. The van der Waals surface area contributed by atoms with E-state index in [1.165, 1.54) is 0 Å². The molecule has 0 amide bonds. The number of nitrogens with zero attached hydrogens (tertiary/aromatic N) is 4. The van der Waals surface area contributed by atoms with Gasteiger partial charge in [-0.3, -0.25) is 0 Å². The molecule has 0 unspecified atom stereocenters. The summed E-state index contributed by atoms with van der Waals surface area (Å²) in [7, 11) is 0. The highest BCUT2D eigenvalue weighted by atomic mass is 35.5. The number of pyridine rings is 1. The van der Waals surface area contributed by atoms with Crippen LogP contribution in [0.5, 0.6) is 0 Å². The van der Waals surface area contributed by atoms with Crippen LogP contribution in [0.3, 0.4) is 0 Å². The summed E-state index contributed by atoms with van der Waals surface area (Å²) in [4.78, 5) is 6.19. The SMILES string of the molecule is CCc1c(C#N)c(Cl)nc(N2CCC(O)CC2)c1C#N. The van der Waals surface area contributed by atoms with E-state index in [0.29, 0.717) is 49.3 Å². The zero-order valence-corrected chi connectivity index (χ0v) is 12.0. The predicted molar refractivity (Wildman–Crippen MR) is 75.5 cm³/mol. The maximum absolute atomic E-state index is 9.56. The van der Waals surface area contributed by atoms with Gasteiger partial charge in [-0.15, -0.1) is 0 Å². The largest absolute Gasteiger partial charge is 0.393 e. The van der Waals surface area contributed by atoms with E-state index >= 15 is 0 Å². The van der Waals surface area contributed by atoms with Gasteiger partial charge in [0.2, 0.25) is 0 Å². The van der Waals surface area contributed by atoms with Crippen molar-refractivity contribution in [1.82, 2.24) is 4.98 Å². The number of hydrogen-bond acceptors (Lipinski definition) is 5. The second-order valence-electron chi connectivity index (χ2n) is 4.75. The van der Waals surface area contributed by atoms with Crippen molar-refractivity contribution in [3.8, 4) is 12.1 Å². The van der Waals surface area contributed by atoms with Gasteiger partial charge >= 0.3 is 0 Å². The van der Waals surface area contributed by atoms with Crippen molar-refractivity contribution in [3.63, 3.8) is 0 Å². The second kappa shape index (κ2) is 6.09. The summed E-state index contributed by atoms with van der Waals surface area (Å²) in [6.45, 7) is 3.15. The van der Waals surface area contributed by atoms with E-state index in [9.17, 15) is 10.4 Å². The number of aliphatic hydroxyl groups excluding tert-OH is 1. The zero-order valence-electron chi connectivity index (χ0n) is 11.2.